The molecule has 2 aromatic rings. The molecule has 0 unspecified atom stereocenters. The second-order valence-corrected chi connectivity index (χ2v) is 4.25. The zero-order valence-electron chi connectivity index (χ0n) is 10.9. The number of aromatic carboxylic acids is 1. The lowest BCUT2D eigenvalue weighted by atomic mass is 10.2. The van der Waals surface area contributed by atoms with Crippen molar-refractivity contribution in [2.45, 2.75) is 20.3 Å². The molecule has 19 heavy (non-hydrogen) atoms. The van der Waals surface area contributed by atoms with Crippen molar-refractivity contribution in [3.8, 4) is 11.6 Å². The third kappa shape index (κ3) is 3.10. The van der Waals surface area contributed by atoms with E-state index in [0.717, 1.165) is 6.42 Å². The van der Waals surface area contributed by atoms with E-state index in [9.17, 15) is 4.79 Å². The summed E-state index contributed by atoms with van der Waals surface area (Å²) in [5.74, 6) is 0.125. The zero-order chi connectivity index (χ0) is 13.8. The average molecular weight is 257 g/mol. The number of ether oxygens (including phenoxy) is 1. The average Bonchev–Trinajstić information content (AvgIpc) is 2.41. The van der Waals surface area contributed by atoms with Gasteiger partial charge in [0.05, 0.1) is 5.56 Å². The molecule has 1 N–H and O–H groups in total. The number of aromatic nitrogens is 1. The number of hydrogen-bond donors (Lipinski definition) is 1. The number of aryl methyl sites for hydroxylation is 2. The fraction of sp³-hybridized carbons (Fsp3) is 0.200. The molecule has 4 heteroatoms. The topological polar surface area (TPSA) is 59.4 Å². The van der Waals surface area contributed by atoms with E-state index in [1.165, 1.54) is 11.8 Å². The van der Waals surface area contributed by atoms with Crippen LogP contribution in [0.25, 0.3) is 0 Å². The first kappa shape index (κ1) is 13.1. The van der Waals surface area contributed by atoms with E-state index in [4.69, 9.17) is 9.84 Å². The molecule has 4 nitrogen and oxygen atoms in total. The Labute approximate surface area is 111 Å². The molecule has 0 atom stereocenters. The van der Waals surface area contributed by atoms with Gasteiger partial charge in [-0.15, -0.1) is 0 Å². The van der Waals surface area contributed by atoms with Crippen LogP contribution in [0.2, 0.25) is 0 Å². The van der Waals surface area contributed by atoms with Crippen molar-refractivity contribution >= 4 is 5.97 Å². The van der Waals surface area contributed by atoms with Crippen molar-refractivity contribution in [1.29, 1.82) is 0 Å². The smallest absolute Gasteiger partial charge is 0.337 e. The molecule has 0 saturated heterocycles. The molecule has 1 aromatic heterocycles. The molecule has 1 heterocycles. The molecule has 1 aromatic carbocycles. The summed E-state index contributed by atoms with van der Waals surface area (Å²) in [4.78, 5) is 14.8. The summed E-state index contributed by atoms with van der Waals surface area (Å²) in [6.07, 6.45) is 2.27. The highest BCUT2D eigenvalue weighted by Crippen LogP contribution is 2.23. The number of hydrogen-bond acceptors (Lipinski definition) is 3. The van der Waals surface area contributed by atoms with Crippen molar-refractivity contribution in [1.82, 2.24) is 4.98 Å². The Morgan fingerprint density at radius 3 is 2.53 bits per heavy atom. The van der Waals surface area contributed by atoms with Gasteiger partial charge >= 0.3 is 5.97 Å². The molecule has 2 rings (SSSR count). The second kappa shape index (κ2) is 5.52. The van der Waals surface area contributed by atoms with Gasteiger partial charge in [0.25, 0.3) is 0 Å². The molecule has 0 amide bonds. The molecule has 0 bridgehead atoms. The van der Waals surface area contributed by atoms with Gasteiger partial charge in [0.15, 0.2) is 0 Å². The number of rotatable bonds is 4. The normalized spacial score (nSPS) is 10.2. The summed E-state index contributed by atoms with van der Waals surface area (Å²) in [5.41, 5.74) is 2.09. The lowest BCUT2D eigenvalue weighted by molar-refractivity contribution is 0.0696. The SMILES string of the molecule is CCc1ccc(Oc2ncc(C(=O)O)cc2C)cc1. The summed E-state index contributed by atoms with van der Waals surface area (Å²) < 4.78 is 5.64. The minimum absolute atomic E-state index is 0.159. The number of benzene rings is 1. The first-order valence-electron chi connectivity index (χ1n) is 6.07. The van der Waals surface area contributed by atoms with Gasteiger partial charge < -0.3 is 9.84 Å². The van der Waals surface area contributed by atoms with Gasteiger partial charge in [-0.25, -0.2) is 9.78 Å². The van der Waals surface area contributed by atoms with Gasteiger partial charge in [0, 0.05) is 11.8 Å². The number of carboxylic acids is 1. The monoisotopic (exact) mass is 257 g/mol. The largest absolute Gasteiger partial charge is 0.478 e. The standard InChI is InChI=1S/C15H15NO3/c1-3-11-4-6-13(7-5-11)19-14-10(2)8-12(9-16-14)15(17)18/h4-9H,3H2,1-2H3,(H,17,18). The van der Waals surface area contributed by atoms with Crippen LogP contribution in [-0.2, 0) is 6.42 Å². The van der Waals surface area contributed by atoms with Gasteiger partial charge in [-0.05, 0) is 37.1 Å². The molecular formula is C15H15NO3. The van der Waals surface area contributed by atoms with E-state index < -0.39 is 5.97 Å². The van der Waals surface area contributed by atoms with Crippen molar-refractivity contribution in [3.05, 3.63) is 53.2 Å². The van der Waals surface area contributed by atoms with Crippen LogP contribution in [0.5, 0.6) is 11.6 Å². The quantitative estimate of drug-likeness (QED) is 0.911. The Balaban J connectivity index is 2.20. The Kier molecular flexibility index (Phi) is 3.80. The molecule has 98 valence electrons. The fourth-order valence-electron chi connectivity index (χ4n) is 1.69. The lowest BCUT2D eigenvalue weighted by Gasteiger charge is -2.08. The van der Waals surface area contributed by atoms with Gasteiger partial charge in [-0.1, -0.05) is 19.1 Å². The van der Waals surface area contributed by atoms with Crippen LogP contribution in [0.15, 0.2) is 36.5 Å². The Morgan fingerprint density at radius 2 is 2.00 bits per heavy atom. The van der Waals surface area contributed by atoms with E-state index in [1.54, 1.807) is 13.0 Å². The summed E-state index contributed by atoms with van der Waals surface area (Å²) in [7, 11) is 0. The van der Waals surface area contributed by atoms with E-state index in [-0.39, 0.29) is 5.56 Å². The number of nitrogens with zero attached hydrogens (tertiary/aromatic N) is 1. The second-order valence-electron chi connectivity index (χ2n) is 4.25. The van der Waals surface area contributed by atoms with Crippen LogP contribution in [0.1, 0.15) is 28.4 Å². The minimum Gasteiger partial charge on any atom is -0.478 e. The highest BCUT2D eigenvalue weighted by Gasteiger charge is 2.08. The number of carboxylic acid groups (broad SMARTS) is 1. The van der Waals surface area contributed by atoms with E-state index in [2.05, 4.69) is 11.9 Å². The summed E-state index contributed by atoms with van der Waals surface area (Å²) >= 11 is 0. The maximum Gasteiger partial charge on any atom is 0.337 e. The lowest BCUT2D eigenvalue weighted by Crippen LogP contribution is -2.00. The van der Waals surface area contributed by atoms with Crippen LogP contribution in [0, 0.1) is 6.92 Å². The molecule has 0 aliphatic heterocycles. The van der Waals surface area contributed by atoms with E-state index in [1.807, 2.05) is 24.3 Å². The Hall–Kier alpha value is -2.36. The molecule has 0 saturated carbocycles. The van der Waals surface area contributed by atoms with Crippen molar-refractivity contribution < 1.29 is 14.6 Å². The minimum atomic E-state index is -0.991. The van der Waals surface area contributed by atoms with E-state index in [0.29, 0.717) is 17.2 Å². The highest BCUT2D eigenvalue weighted by atomic mass is 16.5. The molecule has 0 fully saturated rings. The van der Waals surface area contributed by atoms with Crippen molar-refractivity contribution in [3.63, 3.8) is 0 Å². The molecule has 0 aliphatic rings. The number of pyridine rings is 1. The van der Waals surface area contributed by atoms with Crippen molar-refractivity contribution in [2.24, 2.45) is 0 Å². The highest BCUT2D eigenvalue weighted by molar-refractivity contribution is 5.87. The van der Waals surface area contributed by atoms with Gasteiger partial charge in [0.1, 0.15) is 5.75 Å². The molecule has 0 spiro atoms. The van der Waals surface area contributed by atoms with E-state index >= 15 is 0 Å². The Bertz CT molecular complexity index is 591. The third-order valence-corrected chi connectivity index (χ3v) is 2.82. The van der Waals surface area contributed by atoms with Crippen molar-refractivity contribution in [2.75, 3.05) is 0 Å². The fourth-order valence-corrected chi connectivity index (χ4v) is 1.69. The van der Waals surface area contributed by atoms with Crippen LogP contribution >= 0.6 is 0 Å². The summed E-state index contributed by atoms with van der Waals surface area (Å²) in [6.45, 7) is 3.86. The van der Waals surface area contributed by atoms with Crippen LogP contribution in [-0.4, -0.2) is 16.1 Å². The van der Waals surface area contributed by atoms with Gasteiger partial charge in [0.2, 0.25) is 5.88 Å². The third-order valence-electron chi connectivity index (χ3n) is 2.82. The van der Waals surface area contributed by atoms with Crippen LogP contribution in [0.4, 0.5) is 0 Å². The maximum absolute atomic E-state index is 10.8. The first-order chi connectivity index (χ1) is 9.10. The molecule has 0 radical (unpaired) electrons. The summed E-state index contributed by atoms with van der Waals surface area (Å²) in [6, 6.07) is 9.30. The first-order valence-corrected chi connectivity index (χ1v) is 6.07. The predicted octanol–water partition coefficient (Wildman–Crippen LogP) is 3.44. The predicted molar refractivity (Wildman–Crippen MR) is 71.8 cm³/mol. The zero-order valence-corrected chi connectivity index (χ0v) is 10.9. The molecular weight excluding hydrogens is 242 g/mol. The van der Waals surface area contributed by atoms with Gasteiger partial charge in [-0.3, -0.25) is 0 Å². The van der Waals surface area contributed by atoms with Crippen LogP contribution < -0.4 is 4.74 Å². The van der Waals surface area contributed by atoms with Crippen LogP contribution in [0.3, 0.4) is 0 Å². The van der Waals surface area contributed by atoms with Gasteiger partial charge in [-0.2, -0.15) is 0 Å². The molecule has 0 aliphatic carbocycles. The maximum atomic E-state index is 10.8. The Morgan fingerprint density at radius 1 is 1.32 bits per heavy atom. The summed E-state index contributed by atoms with van der Waals surface area (Å²) in [5, 5.41) is 8.87. The number of carbonyl (C=O) groups is 1.